The van der Waals surface area contributed by atoms with E-state index in [2.05, 4.69) is 9.97 Å². The molecule has 0 radical (unpaired) electrons. The van der Waals surface area contributed by atoms with Crippen LogP contribution >= 0.6 is 0 Å². The maximum Gasteiger partial charge on any atom is 0.261 e. The molecule has 1 aromatic rings. The van der Waals surface area contributed by atoms with Gasteiger partial charge in [-0.15, -0.1) is 0 Å². The largest absolute Gasteiger partial charge is 0.378 e. The molecule has 0 aliphatic carbocycles. The number of hydrogen-bond donors (Lipinski definition) is 0. The van der Waals surface area contributed by atoms with Crippen molar-refractivity contribution in [3.8, 4) is 0 Å². The molecule has 0 spiro atoms. The first-order chi connectivity index (χ1) is 9.54. The fourth-order valence-corrected chi connectivity index (χ4v) is 2.92. The highest BCUT2D eigenvalue weighted by Crippen LogP contribution is 2.19. The third kappa shape index (κ3) is 3.34. The second kappa shape index (κ2) is 6.31. The predicted molar refractivity (Wildman–Crippen MR) is 72.7 cm³/mol. The summed E-state index contributed by atoms with van der Waals surface area (Å²) in [4.78, 5) is 9.92. The van der Waals surface area contributed by atoms with Crippen LogP contribution in [0.25, 0.3) is 0 Å². The first-order valence-electron chi connectivity index (χ1n) is 6.38. The van der Waals surface area contributed by atoms with E-state index < -0.39 is 10.0 Å². The van der Waals surface area contributed by atoms with Gasteiger partial charge in [0, 0.05) is 13.1 Å². The summed E-state index contributed by atoms with van der Waals surface area (Å²) in [6, 6.07) is 0. The van der Waals surface area contributed by atoms with E-state index in [1.165, 1.54) is 12.4 Å². The van der Waals surface area contributed by atoms with Gasteiger partial charge in [-0.3, -0.25) is 0 Å². The van der Waals surface area contributed by atoms with Crippen molar-refractivity contribution >= 4 is 21.7 Å². The standard InChI is InChI=1S/C11H17FN4O3S/c1-2-7-20(17,18)16(12)10-8-13-11(14-9-10)15-3-5-19-6-4-15/h8-9H,2-7H2,1H3. The molecule has 1 aliphatic rings. The van der Waals surface area contributed by atoms with Crippen LogP contribution < -0.4 is 9.43 Å². The van der Waals surface area contributed by atoms with Gasteiger partial charge in [-0.25, -0.2) is 18.4 Å². The van der Waals surface area contributed by atoms with E-state index in [1.807, 2.05) is 4.90 Å². The van der Waals surface area contributed by atoms with Gasteiger partial charge in [-0.1, -0.05) is 15.9 Å². The van der Waals surface area contributed by atoms with E-state index in [-0.39, 0.29) is 16.0 Å². The molecule has 0 amide bonds. The molecule has 1 fully saturated rings. The van der Waals surface area contributed by atoms with Crippen molar-refractivity contribution < 1.29 is 17.6 Å². The molecule has 0 aromatic carbocycles. The molecule has 0 N–H and O–H groups in total. The van der Waals surface area contributed by atoms with Crippen LogP contribution in [0.15, 0.2) is 12.4 Å². The highest BCUT2D eigenvalue weighted by molar-refractivity contribution is 7.92. The molecule has 9 heteroatoms. The Morgan fingerprint density at radius 1 is 1.35 bits per heavy atom. The monoisotopic (exact) mass is 304 g/mol. The number of morpholine rings is 1. The zero-order chi connectivity index (χ0) is 14.6. The SMILES string of the molecule is CCCS(=O)(=O)N(F)c1cnc(N2CCOCC2)nc1. The summed E-state index contributed by atoms with van der Waals surface area (Å²) in [6.07, 6.45) is 2.69. The summed E-state index contributed by atoms with van der Waals surface area (Å²) in [5.41, 5.74) is -0.185. The van der Waals surface area contributed by atoms with Crippen LogP contribution in [0.3, 0.4) is 0 Å². The van der Waals surface area contributed by atoms with Crippen LogP contribution in [0.1, 0.15) is 13.3 Å². The van der Waals surface area contributed by atoms with E-state index in [0.717, 1.165) is 0 Å². The first-order valence-corrected chi connectivity index (χ1v) is 7.99. The molecule has 1 aliphatic heterocycles. The average molecular weight is 304 g/mol. The van der Waals surface area contributed by atoms with E-state index in [0.29, 0.717) is 38.7 Å². The van der Waals surface area contributed by atoms with Crippen molar-refractivity contribution in [3.05, 3.63) is 12.4 Å². The van der Waals surface area contributed by atoms with Crippen LogP contribution in [0.4, 0.5) is 16.1 Å². The second-order valence-corrected chi connectivity index (χ2v) is 6.26. The van der Waals surface area contributed by atoms with Crippen molar-refractivity contribution in [2.75, 3.05) is 41.5 Å². The van der Waals surface area contributed by atoms with E-state index in [1.54, 1.807) is 6.92 Å². The normalized spacial score (nSPS) is 16.2. The van der Waals surface area contributed by atoms with Gasteiger partial charge in [0.25, 0.3) is 10.0 Å². The van der Waals surface area contributed by atoms with Gasteiger partial charge < -0.3 is 9.64 Å². The minimum absolute atomic E-state index is 0.185. The Kier molecular flexibility index (Phi) is 4.71. The molecule has 20 heavy (non-hydrogen) atoms. The van der Waals surface area contributed by atoms with Crippen molar-refractivity contribution in [2.45, 2.75) is 13.3 Å². The number of aromatic nitrogens is 2. The van der Waals surface area contributed by atoms with Crippen LogP contribution in [-0.4, -0.2) is 50.4 Å². The summed E-state index contributed by atoms with van der Waals surface area (Å²) < 4.78 is 41.9. The number of ether oxygens (including phenoxy) is 1. The molecular formula is C11H17FN4O3S. The Hall–Kier alpha value is -1.48. The quantitative estimate of drug-likeness (QED) is 0.747. The second-order valence-electron chi connectivity index (χ2n) is 4.37. The molecule has 1 aromatic heterocycles. The van der Waals surface area contributed by atoms with Gasteiger partial charge in [0.05, 0.1) is 31.4 Å². The van der Waals surface area contributed by atoms with Gasteiger partial charge in [0.15, 0.2) is 0 Å². The Balaban J connectivity index is 2.11. The lowest BCUT2D eigenvalue weighted by molar-refractivity contribution is 0.122. The van der Waals surface area contributed by atoms with Gasteiger partial charge >= 0.3 is 0 Å². The summed E-state index contributed by atoms with van der Waals surface area (Å²) in [6.45, 7) is 4.17. The van der Waals surface area contributed by atoms with Crippen molar-refractivity contribution in [3.63, 3.8) is 0 Å². The maximum atomic E-state index is 13.8. The summed E-state index contributed by atoms with van der Waals surface area (Å²) in [7, 11) is -3.95. The molecule has 0 atom stereocenters. The summed E-state index contributed by atoms with van der Waals surface area (Å²) in [5.74, 6) is 0.188. The zero-order valence-corrected chi connectivity index (χ0v) is 12.0. The third-order valence-corrected chi connectivity index (χ3v) is 4.45. The molecule has 2 heterocycles. The lowest BCUT2D eigenvalue weighted by atomic mass is 10.4. The van der Waals surface area contributed by atoms with Crippen LogP contribution in [0, 0.1) is 0 Å². The van der Waals surface area contributed by atoms with E-state index >= 15 is 0 Å². The fourth-order valence-electron chi connectivity index (χ4n) is 1.83. The number of rotatable bonds is 5. The van der Waals surface area contributed by atoms with Crippen LogP contribution in [0.2, 0.25) is 0 Å². The molecule has 0 unspecified atom stereocenters. The minimum atomic E-state index is -3.95. The number of halogens is 1. The number of hydrogen-bond acceptors (Lipinski definition) is 6. The number of anilines is 2. The smallest absolute Gasteiger partial charge is 0.261 e. The predicted octanol–water partition coefficient (Wildman–Crippen LogP) is 0.744. The Bertz CT molecular complexity index is 531. The van der Waals surface area contributed by atoms with Gasteiger partial charge in [-0.05, 0) is 6.42 Å². The van der Waals surface area contributed by atoms with Crippen LogP contribution in [0.5, 0.6) is 0 Å². The Labute approximate surface area is 117 Å². The zero-order valence-electron chi connectivity index (χ0n) is 11.2. The number of sulfonamides is 1. The average Bonchev–Trinajstić information content (AvgIpc) is 2.47. The lowest BCUT2D eigenvalue weighted by Gasteiger charge is -2.26. The van der Waals surface area contributed by atoms with Gasteiger partial charge in [0.2, 0.25) is 5.95 Å². The lowest BCUT2D eigenvalue weighted by Crippen LogP contribution is -2.37. The van der Waals surface area contributed by atoms with Crippen LogP contribution in [-0.2, 0) is 14.8 Å². The number of nitrogens with zero attached hydrogens (tertiary/aromatic N) is 4. The molecule has 0 saturated carbocycles. The van der Waals surface area contributed by atoms with Crippen molar-refractivity contribution in [2.24, 2.45) is 0 Å². The molecule has 1 saturated heterocycles. The highest BCUT2D eigenvalue weighted by atomic mass is 32.2. The Morgan fingerprint density at radius 3 is 2.50 bits per heavy atom. The fraction of sp³-hybridized carbons (Fsp3) is 0.636. The molecule has 7 nitrogen and oxygen atoms in total. The molecule has 112 valence electrons. The highest BCUT2D eigenvalue weighted by Gasteiger charge is 2.23. The van der Waals surface area contributed by atoms with Gasteiger partial charge in [0.1, 0.15) is 5.69 Å². The van der Waals surface area contributed by atoms with Crippen molar-refractivity contribution in [1.82, 2.24) is 9.97 Å². The molecular weight excluding hydrogens is 287 g/mol. The third-order valence-electron chi connectivity index (χ3n) is 2.83. The maximum absolute atomic E-state index is 13.8. The summed E-state index contributed by atoms with van der Waals surface area (Å²) in [5, 5.41) is 0. The topological polar surface area (TPSA) is 75.6 Å². The van der Waals surface area contributed by atoms with Gasteiger partial charge in [-0.2, -0.15) is 0 Å². The van der Waals surface area contributed by atoms with E-state index in [9.17, 15) is 12.9 Å². The van der Waals surface area contributed by atoms with E-state index in [4.69, 9.17) is 4.74 Å². The first kappa shape index (κ1) is 14.9. The Morgan fingerprint density at radius 2 is 1.95 bits per heavy atom. The van der Waals surface area contributed by atoms with Crippen molar-refractivity contribution in [1.29, 1.82) is 0 Å². The summed E-state index contributed by atoms with van der Waals surface area (Å²) >= 11 is 0. The molecule has 2 rings (SSSR count). The minimum Gasteiger partial charge on any atom is -0.378 e. The molecule has 0 bridgehead atoms.